The van der Waals surface area contributed by atoms with Crippen LogP contribution in [0.25, 0.3) is 0 Å². The topological polar surface area (TPSA) is 19.4 Å². The standard InChI is InChI=1S/C9H15N3/c1-11(2)8-6-5-7-10-9(8)12(3)4/h5-7H,1-4H3. The van der Waals surface area contributed by atoms with Gasteiger partial charge in [-0.1, -0.05) is 0 Å². The Labute approximate surface area is 73.6 Å². The van der Waals surface area contributed by atoms with Gasteiger partial charge in [0.25, 0.3) is 0 Å². The van der Waals surface area contributed by atoms with E-state index in [0.29, 0.717) is 0 Å². The second-order valence-corrected chi connectivity index (χ2v) is 3.13. The lowest BCUT2D eigenvalue weighted by Gasteiger charge is -2.20. The van der Waals surface area contributed by atoms with Crippen LogP contribution in [0.3, 0.4) is 0 Å². The van der Waals surface area contributed by atoms with Gasteiger partial charge in [-0.3, -0.25) is 0 Å². The maximum Gasteiger partial charge on any atom is 0.151 e. The number of hydrogen-bond acceptors (Lipinski definition) is 3. The van der Waals surface area contributed by atoms with Crippen LogP contribution in [0.5, 0.6) is 0 Å². The minimum atomic E-state index is 1.00. The fourth-order valence-electron chi connectivity index (χ4n) is 1.08. The van der Waals surface area contributed by atoms with Crippen molar-refractivity contribution in [2.75, 3.05) is 38.0 Å². The average molecular weight is 165 g/mol. The fraction of sp³-hybridized carbons (Fsp3) is 0.444. The molecular formula is C9H15N3. The van der Waals surface area contributed by atoms with Gasteiger partial charge in [0.1, 0.15) is 0 Å². The normalized spacial score (nSPS) is 9.67. The minimum Gasteiger partial charge on any atom is -0.375 e. The van der Waals surface area contributed by atoms with E-state index < -0.39 is 0 Å². The molecule has 0 saturated carbocycles. The van der Waals surface area contributed by atoms with Crippen LogP contribution in [0, 0.1) is 0 Å². The summed E-state index contributed by atoms with van der Waals surface area (Å²) < 4.78 is 0. The highest BCUT2D eigenvalue weighted by Crippen LogP contribution is 2.22. The molecule has 0 radical (unpaired) electrons. The summed E-state index contributed by atoms with van der Waals surface area (Å²) in [6, 6.07) is 4.00. The van der Waals surface area contributed by atoms with Crippen LogP contribution in [0.15, 0.2) is 18.3 Å². The highest BCUT2D eigenvalue weighted by Gasteiger charge is 2.05. The molecule has 0 aliphatic heterocycles. The first-order valence-corrected chi connectivity index (χ1v) is 3.92. The monoisotopic (exact) mass is 165 g/mol. The largest absolute Gasteiger partial charge is 0.375 e. The SMILES string of the molecule is CN(C)c1cccnc1N(C)C. The predicted octanol–water partition coefficient (Wildman–Crippen LogP) is 1.21. The fourth-order valence-corrected chi connectivity index (χ4v) is 1.08. The zero-order valence-corrected chi connectivity index (χ0v) is 8.07. The van der Waals surface area contributed by atoms with Crippen LogP contribution in [-0.2, 0) is 0 Å². The Bertz CT molecular complexity index is 229. The van der Waals surface area contributed by atoms with Crippen molar-refractivity contribution < 1.29 is 0 Å². The lowest BCUT2D eigenvalue weighted by Crippen LogP contribution is -2.17. The molecule has 0 fully saturated rings. The summed E-state index contributed by atoms with van der Waals surface area (Å²) in [5, 5.41) is 0. The van der Waals surface area contributed by atoms with Crippen molar-refractivity contribution in [3.63, 3.8) is 0 Å². The first kappa shape index (κ1) is 8.84. The average Bonchev–Trinajstić information content (AvgIpc) is 2.04. The van der Waals surface area contributed by atoms with Gasteiger partial charge in [0.2, 0.25) is 0 Å². The van der Waals surface area contributed by atoms with E-state index in [1.165, 1.54) is 0 Å². The minimum absolute atomic E-state index is 1.00. The van der Waals surface area contributed by atoms with Gasteiger partial charge in [0.15, 0.2) is 5.82 Å². The Hall–Kier alpha value is -1.25. The van der Waals surface area contributed by atoms with E-state index in [-0.39, 0.29) is 0 Å². The summed E-state index contributed by atoms with van der Waals surface area (Å²) in [6.07, 6.45) is 1.81. The molecule has 0 aliphatic carbocycles. The molecule has 1 heterocycles. The van der Waals surface area contributed by atoms with Crippen LogP contribution in [0.2, 0.25) is 0 Å². The third kappa shape index (κ3) is 1.67. The Morgan fingerprint density at radius 2 is 1.75 bits per heavy atom. The molecule has 0 bridgehead atoms. The van der Waals surface area contributed by atoms with Crippen LogP contribution < -0.4 is 9.80 Å². The van der Waals surface area contributed by atoms with Gasteiger partial charge < -0.3 is 9.80 Å². The van der Waals surface area contributed by atoms with Crippen LogP contribution in [0.4, 0.5) is 11.5 Å². The van der Waals surface area contributed by atoms with Crippen LogP contribution >= 0.6 is 0 Å². The molecule has 1 aromatic heterocycles. The zero-order chi connectivity index (χ0) is 9.14. The van der Waals surface area contributed by atoms with E-state index in [2.05, 4.69) is 16.0 Å². The second-order valence-electron chi connectivity index (χ2n) is 3.13. The molecule has 3 heteroatoms. The molecule has 12 heavy (non-hydrogen) atoms. The van der Waals surface area contributed by atoms with Crippen LogP contribution in [-0.4, -0.2) is 33.2 Å². The van der Waals surface area contributed by atoms with Gasteiger partial charge in [-0.15, -0.1) is 0 Å². The van der Waals surface area contributed by atoms with Gasteiger partial charge in [0.05, 0.1) is 5.69 Å². The van der Waals surface area contributed by atoms with Crippen molar-refractivity contribution in [1.29, 1.82) is 0 Å². The zero-order valence-electron chi connectivity index (χ0n) is 8.07. The molecule has 0 atom stereocenters. The van der Waals surface area contributed by atoms with Crippen molar-refractivity contribution in [3.8, 4) is 0 Å². The number of anilines is 2. The molecule has 0 unspecified atom stereocenters. The summed E-state index contributed by atoms with van der Waals surface area (Å²) >= 11 is 0. The molecule has 0 N–H and O–H groups in total. The van der Waals surface area contributed by atoms with E-state index in [0.717, 1.165) is 11.5 Å². The van der Waals surface area contributed by atoms with Crippen molar-refractivity contribution in [1.82, 2.24) is 4.98 Å². The maximum atomic E-state index is 4.28. The Balaban J connectivity index is 3.09. The number of nitrogens with zero attached hydrogens (tertiary/aromatic N) is 3. The molecule has 1 aromatic rings. The highest BCUT2D eigenvalue weighted by molar-refractivity contribution is 5.65. The molecule has 0 spiro atoms. The summed E-state index contributed by atoms with van der Waals surface area (Å²) in [5.74, 6) is 1.00. The summed E-state index contributed by atoms with van der Waals surface area (Å²) in [6.45, 7) is 0. The van der Waals surface area contributed by atoms with Crippen molar-refractivity contribution in [3.05, 3.63) is 18.3 Å². The lowest BCUT2D eigenvalue weighted by molar-refractivity contribution is 1.03. The summed E-state index contributed by atoms with van der Waals surface area (Å²) in [7, 11) is 8.03. The van der Waals surface area contributed by atoms with E-state index in [9.17, 15) is 0 Å². The molecular weight excluding hydrogens is 150 g/mol. The molecule has 1 rings (SSSR count). The Kier molecular flexibility index (Phi) is 2.53. The quantitative estimate of drug-likeness (QED) is 0.656. The Morgan fingerprint density at radius 1 is 1.08 bits per heavy atom. The van der Waals surface area contributed by atoms with Gasteiger partial charge in [-0.25, -0.2) is 4.98 Å². The number of rotatable bonds is 2. The predicted molar refractivity (Wildman–Crippen MR) is 52.9 cm³/mol. The van der Waals surface area contributed by atoms with Gasteiger partial charge in [-0.2, -0.15) is 0 Å². The maximum absolute atomic E-state index is 4.28. The third-order valence-electron chi connectivity index (χ3n) is 1.67. The number of pyridine rings is 1. The first-order valence-electron chi connectivity index (χ1n) is 3.92. The molecule has 66 valence electrons. The van der Waals surface area contributed by atoms with E-state index in [4.69, 9.17) is 0 Å². The Morgan fingerprint density at radius 3 is 2.17 bits per heavy atom. The number of hydrogen-bond donors (Lipinski definition) is 0. The molecule has 0 aromatic carbocycles. The van der Waals surface area contributed by atoms with Gasteiger partial charge in [0, 0.05) is 34.4 Å². The molecule has 0 saturated heterocycles. The van der Waals surface area contributed by atoms with Crippen molar-refractivity contribution >= 4 is 11.5 Å². The molecule has 0 aliphatic rings. The van der Waals surface area contributed by atoms with E-state index in [1.54, 1.807) is 0 Å². The van der Waals surface area contributed by atoms with Crippen molar-refractivity contribution in [2.24, 2.45) is 0 Å². The van der Waals surface area contributed by atoms with E-state index >= 15 is 0 Å². The van der Waals surface area contributed by atoms with Crippen LogP contribution in [0.1, 0.15) is 0 Å². The summed E-state index contributed by atoms with van der Waals surface area (Å²) in [5.41, 5.74) is 1.14. The van der Waals surface area contributed by atoms with E-state index in [1.807, 2.05) is 45.4 Å². The summed E-state index contributed by atoms with van der Waals surface area (Å²) in [4.78, 5) is 8.35. The first-order chi connectivity index (χ1) is 5.63. The van der Waals surface area contributed by atoms with Gasteiger partial charge >= 0.3 is 0 Å². The number of aromatic nitrogens is 1. The lowest BCUT2D eigenvalue weighted by atomic mass is 10.3. The molecule has 3 nitrogen and oxygen atoms in total. The highest BCUT2D eigenvalue weighted by atomic mass is 15.2. The molecule has 0 amide bonds. The second kappa shape index (κ2) is 3.43. The van der Waals surface area contributed by atoms with Gasteiger partial charge in [-0.05, 0) is 12.1 Å². The van der Waals surface area contributed by atoms with Crippen molar-refractivity contribution in [2.45, 2.75) is 0 Å². The third-order valence-corrected chi connectivity index (χ3v) is 1.67. The smallest absolute Gasteiger partial charge is 0.151 e.